The average molecular weight is 411 g/mol. The Bertz CT molecular complexity index is 994. The average Bonchev–Trinajstić information content (AvgIpc) is 3.28. The van der Waals surface area contributed by atoms with Crippen molar-refractivity contribution >= 4 is 0 Å². The fourth-order valence-electron chi connectivity index (χ4n) is 4.29. The molecular weight excluding hydrogens is 380 g/mol. The monoisotopic (exact) mass is 410 g/mol. The van der Waals surface area contributed by atoms with E-state index in [1.54, 1.807) is 14.2 Å². The highest BCUT2D eigenvalue weighted by Crippen LogP contribution is 2.36. The predicted molar refractivity (Wildman–Crippen MR) is 115 cm³/mol. The molecule has 0 bridgehead atoms. The summed E-state index contributed by atoms with van der Waals surface area (Å²) in [7, 11) is 5.25. The molecule has 0 radical (unpaired) electrons. The SMILES string of the molecule is COc1ccc(-c2cc([C@H]3CCCCCN3Cc3cn(C)nc3C)no2)cc1OC. The van der Waals surface area contributed by atoms with Crippen LogP contribution in [0.1, 0.15) is 48.7 Å². The lowest BCUT2D eigenvalue weighted by atomic mass is 10.0. The van der Waals surface area contributed by atoms with E-state index in [2.05, 4.69) is 34.3 Å². The molecule has 0 amide bonds. The van der Waals surface area contributed by atoms with Crippen LogP contribution in [0.15, 0.2) is 35.0 Å². The second-order valence-electron chi connectivity index (χ2n) is 7.93. The van der Waals surface area contributed by atoms with E-state index in [1.807, 2.05) is 29.9 Å². The summed E-state index contributed by atoms with van der Waals surface area (Å²) in [6.07, 6.45) is 6.85. The van der Waals surface area contributed by atoms with Crippen molar-refractivity contribution in [1.29, 1.82) is 0 Å². The van der Waals surface area contributed by atoms with Crippen molar-refractivity contribution in [1.82, 2.24) is 19.8 Å². The quantitative estimate of drug-likeness (QED) is 0.595. The van der Waals surface area contributed by atoms with E-state index >= 15 is 0 Å². The Morgan fingerprint density at radius 1 is 1.10 bits per heavy atom. The molecular formula is C23H30N4O3. The number of nitrogens with zero attached hydrogens (tertiary/aromatic N) is 4. The summed E-state index contributed by atoms with van der Waals surface area (Å²) in [5.74, 6) is 2.12. The van der Waals surface area contributed by atoms with Crippen LogP contribution in [-0.4, -0.2) is 40.6 Å². The number of likely N-dealkylation sites (tertiary alicyclic amines) is 1. The Hall–Kier alpha value is -2.80. The van der Waals surface area contributed by atoms with Gasteiger partial charge in [0.1, 0.15) is 5.69 Å². The molecule has 0 saturated carbocycles. The molecule has 160 valence electrons. The molecule has 1 aliphatic rings. The van der Waals surface area contributed by atoms with Crippen molar-refractivity contribution in [2.24, 2.45) is 7.05 Å². The fourth-order valence-corrected chi connectivity index (χ4v) is 4.29. The third kappa shape index (κ3) is 4.21. The highest BCUT2D eigenvalue weighted by atomic mass is 16.5. The molecule has 3 heterocycles. The Labute approximate surface area is 177 Å². The summed E-state index contributed by atoms with van der Waals surface area (Å²) in [6, 6.07) is 8.09. The van der Waals surface area contributed by atoms with Crippen LogP contribution in [0.25, 0.3) is 11.3 Å². The lowest BCUT2D eigenvalue weighted by Crippen LogP contribution is -2.28. The predicted octanol–water partition coefficient (Wildman–Crippen LogP) is 4.52. The Morgan fingerprint density at radius 3 is 2.67 bits per heavy atom. The number of aromatic nitrogens is 3. The summed E-state index contributed by atoms with van der Waals surface area (Å²) in [5, 5.41) is 8.97. The molecule has 30 heavy (non-hydrogen) atoms. The maximum atomic E-state index is 5.75. The minimum Gasteiger partial charge on any atom is -0.493 e. The number of ether oxygens (including phenoxy) is 2. The standard InChI is InChI=1S/C23H30N4O3/c1-16-18(14-26(2)24-16)15-27-11-7-5-6-8-20(27)19-13-22(30-25-19)17-9-10-21(28-3)23(12-17)29-4/h9-10,12-14,20H,5-8,11,15H2,1-4H3/t20-/m1/s1. The lowest BCUT2D eigenvalue weighted by Gasteiger charge is -2.28. The smallest absolute Gasteiger partial charge is 0.167 e. The summed E-state index contributed by atoms with van der Waals surface area (Å²) < 4.78 is 18.4. The molecule has 1 aliphatic heterocycles. The van der Waals surface area contributed by atoms with Crippen molar-refractivity contribution in [2.75, 3.05) is 20.8 Å². The largest absolute Gasteiger partial charge is 0.493 e. The second kappa shape index (κ2) is 8.92. The zero-order valence-electron chi connectivity index (χ0n) is 18.2. The maximum absolute atomic E-state index is 5.75. The molecule has 7 heteroatoms. The van der Waals surface area contributed by atoms with Gasteiger partial charge in [0.05, 0.1) is 26.0 Å². The van der Waals surface area contributed by atoms with Crippen LogP contribution < -0.4 is 9.47 Å². The minimum absolute atomic E-state index is 0.241. The summed E-state index contributed by atoms with van der Waals surface area (Å²) in [6.45, 7) is 4.01. The third-order valence-corrected chi connectivity index (χ3v) is 5.89. The molecule has 1 saturated heterocycles. The van der Waals surface area contributed by atoms with Gasteiger partial charge in [0.15, 0.2) is 17.3 Å². The van der Waals surface area contributed by atoms with E-state index in [9.17, 15) is 0 Å². The van der Waals surface area contributed by atoms with E-state index in [1.165, 1.54) is 24.8 Å². The van der Waals surface area contributed by atoms with Gasteiger partial charge >= 0.3 is 0 Å². The van der Waals surface area contributed by atoms with Gasteiger partial charge in [-0.2, -0.15) is 5.10 Å². The van der Waals surface area contributed by atoms with Gasteiger partial charge in [0, 0.05) is 37.0 Å². The van der Waals surface area contributed by atoms with Crippen molar-refractivity contribution in [2.45, 2.75) is 45.2 Å². The van der Waals surface area contributed by atoms with Gasteiger partial charge in [0.25, 0.3) is 0 Å². The van der Waals surface area contributed by atoms with Gasteiger partial charge in [-0.3, -0.25) is 9.58 Å². The van der Waals surface area contributed by atoms with E-state index < -0.39 is 0 Å². The van der Waals surface area contributed by atoms with Crippen LogP contribution in [0.5, 0.6) is 11.5 Å². The van der Waals surface area contributed by atoms with Crippen molar-refractivity contribution in [3.63, 3.8) is 0 Å². The fraction of sp³-hybridized carbons (Fsp3) is 0.478. The molecule has 0 unspecified atom stereocenters. The van der Waals surface area contributed by atoms with Crippen LogP contribution in [0.3, 0.4) is 0 Å². The molecule has 1 aromatic carbocycles. The first-order valence-corrected chi connectivity index (χ1v) is 10.5. The van der Waals surface area contributed by atoms with Crippen molar-refractivity contribution in [3.8, 4) is 22.8 Å². The number of rotatable bonds is 6. The maximum Gasteiger partial charge on any atom is 0.167 e. The first kappa shape index (κ1) is 20.5. The van der Waals surface area contributed by atoms with Gasteiger partial charge < -0.3 is 14.0 Å². The summed E-state index contributed by atoms with van der Waals surface area (Å²) >= 11 is 0. The zero-order chi connectivity index (χ0) is 21.1. The molecule has 3 aromatic rings. The number of benzene rings is 1. The van der Waals surface area contributed by atoms with Crippen molar-refractivity contribution < 1.29 is 14.0 Å². The van der Waals surface area contributed by atoms with Gasteiger partial charge in [-0.05, 0) is 44.5 Å². The first-order valence-electron chi connectivity index (χ1n) is 10.5. The number of hydrogen-bond donors (Lipinski definition) is 0. The van der Waals surface area contributed by atoms with Crippen LogP contribution >= 0.6 is 0 Å². The van der Waals surface area contributed by atoms with E-state index in [0.717, 1.165) is 42.2 Å². The Morgan fingerprint density at radius 2 is 1.93 bits per heavy atom. The number of hydrogen-bond acceptors (Lipinski definition) is 6. The van der Waals surface area contributed by atoms with Gasteiger partial charge in [-0.1, -0.05) is 18.0 Å². The van der Waals surface area contributed by atoms with Gasteiger partial charge in [0.2, 0.25) is 0 Å². The normalized spacial score (nSPS) is 17.7. The summed E-state index contributed by atoms with van der Waals surface area (Å²) in [4.78, 5) is 2.52. The molecule has 0 aliphatic carbocycles. The molecule has 2 aromatic heterocycles. The molecule has 1 atom stereocenters. The molecule has 0 N–H and O–H groups in total. The topological polar surface area (TPSA) is 65.5 Å². The van der Waals surface area contributed by atoms with Crippen LogP contribution in [0.4, 0.5) is 0 Å². The lowest BCUT2D eigenvalue weighted by molar-refractivity contribution is 0.183. The molecule has 0 spiro atoms. The van der Waals surface area contributed by atoms with Crippen LogP contribution in [0, 0.1) is 6.92 Å². The third-order valence-electron chi connectivity index (χ3n) is 5.89. The van der Waals surface area contributed by atoms with Crippen LogP contribution in [-0.2, 0) is 13.6 Å². The Balaban J connectivity index is 1.60. The highest BCUT2D eigenvalue weighted by molar-refractivity contribution is 5.62. The molecule has 1 fully saturated rings. The van der Waals surface area contributed by atoms with E-state index in [0.29, 0.717) is 11.5 Å². The van der Waals surface area contributed by atoms with E-state index in [4.69, 9.17) is 14.0 Å². The van der Waals surface area contributed by atoms with Gasteiger partial charge in [-0.25, -0.2) is 0 Å². The van der Waals surface area contributed by atoms with Gasteiger partial charge in [-0.15, -0.1) is 0 Å². The number of methoxy groups -OCH3 is 2. The molecule has 7 nitrogen and oxygen atoms in total. The van der Waals surface area contributed by atoms with Crippen molar-refractivity contribution in [3.05, 3.63) is 47.4 Å². The summed E-state index contributed by atoms with van der Waals surface area (Å²) in [5.41, 5.74) is 4.28. The zero-order valence-corrected chi connectivity index (χ0v) is 18.2. The second-order valence-corrected chi connectivity index (χ2v) is 7.93. The Kier molecular flexibility index (Phi) is 6.08. The van der Waals surface area contributed by atoms with Crippen LogP contribution in [0.2, 0.25) is 0 Å². The van der Waals surface area contributed by atoms with E-state index in [-0.39, 0.29) is 6.04 Å². The number of aryl methyl sites for hydroxylation is 2. The minimum atomic E-state index is 0.241. The highest BCUT2D eigenvalue weighted by Gasteiger charge is 2.27. The first-order chi connectivity index (χ1) is 14.6. The molecule has 4 rings (SSSR count).